The maximum Gasteiger partial charge on any atom is 0.306 e. The summed E-state index contributed by atoms with van der Waals surface area (Å²) in [5.41, 5.74) is -0.836. The van der Waals surface area contributed by atoms with Crippen LogP contribution in [0.4, 0.5) is 0 Å². The molecule has 0 saturated carbocycles. The number of carboxylic acids is 1. The minimum Gasteiger partial charge on any atom is -0.481 e. The minimum atomic E-state index is -0.836. The van der Waals surface area contributed by atoms with Crippen LogP contribution in [0.1, 0.15) is 46.0 Å². The summed E-state index contributed by atoms with van der Waals surface area (Å²) in [6, 6.07) is 0. The van der Waals surface area contributed by atoms with Gasteiger partial charge in [0.15, 0.2) is 0 Å². The predicted octanol–water partition coefficient (Wildman–Crippen LogP) is 1.26. The van der Waals surface area contributed by atoms with Crippen LogP contribution in [0.2, 0.25) is 0 Å². The van der Waals surface area contributed by atoms with Gasteiger partial charge < -0.3 is 20.4 Å². The van der Waals surface area contributed by atoms with Crippen molar-refractivity contribution < 1.29 is 25.2 Å². The second-order valence-electron chi connectivity index (χ2n) is 5.47. The maximum atomic E-state index is 10.9. The van der Waals surface area contributed by atoms with Crippen molar-refractivity contribution in [3.05, 3.63) is 0 Å². The molecule has 0 spiro atoms. The van der Waals surface area contributed by atoms with E-state index in [-0.39, 0.29) is 31.7 Å². The lowest BCUT2D eigenvalue weighted by Gasteiger charge is -2.34. The van der Waals surface area contributed by atoms with Crippen LogP contribution in [0.3, 0.4) is 0 Å². The molecule has 114 valence electrons. The molecule has 0 bridgehead atoms. The Kier molecular flexibility index (Phi) is 8.97. The monoisotopic (exact) mass is 276 g/mol. The zero-order valence-corrected chi connectivity index (χ0v) is 12.0. The standard InChI is InChI=1S/C14H28O5/c1-3-12(13(18)19)7-5-4-6-11(2)14(8-15,9-16)10-17/h11-12,15-17H,3-10H2,1-2H3,(H,18,19). The Morgan fingerprint density at radius 2 is 1.53 bits per heavy atom. The molecule has 0 aromatic heterocycles. The van der Waals surface area contributed by atoms with Crippen LogP contribution >= 0.6 is 0 Å². The second kappa shape index (κ2) is 9.28. The highest BCUT2D eigenvalue weighted by Crippen LogP contribution is 2.30. The highest BCUT2D eigenvalue weighted by Gasteiger charge is 2.34. The van der Waals surface area contributed by atoms with E-state index >= 15 is 0 Å². The fraction of sp³-hybridized carbons (Fsp3) is 0.929. The van der Waals surface area contributed by atoms with Gasteiger partial charge >= 0.3 is 5.97 Å². The van der Waals surface area contributed by atoms with Crippen molar-refractivity contribution in [1.29, 1.82) is 0 Å². The van der Waals surface area contributed by atoms with E-state index in [0.29, 0.717) is 12.8 Å². The number of aliphatic hydroxyl groups excluding tert-OH is 3. The van der Waals surface area contributed by atoms with Crippen LogP contribution in [0.15, 0.2) is 0 Å². The fourth-order valence-electron chi connectivity index (χ4n) is 2.27. The van der Waals surface area contributed by atoms with Crippen LogP contribution in [0.25, 0.3) is 0 Å². The van der Waals surface area contributed by atoms with Gasteiger partial charge in [-0.05, 0) is 25.2 Å². The first-order chi connectivity index (χ1) is 8.97. The van der Waals surface area contributed by atoms with E-state index in [2.05, 4.69) is 0 Å². The van der Waals surface area contributed by atoms with Crippen molar-refractivity contribution in [1.82, 2.24) is 0 Å². The number of carboxylic acid groups (broad SMARTS) is 1. The van der Waals surface area contributed by atoms with Crippen LogP contribution < -0.4 is 0 Å². The molecule has 0 aliphatic carbocycles. The summed E-state index contributed by atoms with van der Waals surface area (Å²) in [7, 11) is 0. The molecule has 0 rings (SSSR count). The summed E-state index contributed by atoms with van der Waals surface area (Å²) < 4.78 is 0. The van der Waals surface area contributed by atoms with E-state index in [1.54, 1.807) is 0 Å². The molecule has 4 N–H and O–H groups in total. The molecule has 0 aliphatic heterocycles. The second-order valence-corrected chi connectivity index (χ2v) is 5.47. The summed E-state index contributed by atoms with van der Waals surface area (Å²) >= 11 is 0. The first-order valence-corrected chi connectivity index (χ1v) is 7.02. The van der Waals surface area contributed by atoms with Crippen LogP contribution in [-0.4, -0.2) is 46.2 Å². The van der Waals surface area contributed by atoms with Crippen LogP contribution in [0, 0.1) is 17.3 Å². The Labute approximate surface area is 115 Å². The summed E-state index contributed by atoms with van der Waals surface area (Å²) in [6.45, 7) is 3.04. The predicted molar refractivity (Wildman–Crippen MR) is 72.7 cm³/mol. The molecule has 2 unspecified atom stereocenters. The largest absolute Gasteiger partial charge is 0.481 e. The third kappa shape index (κ3) is 5.47. The lowest BCUT2D eigenvalue weighted by atomic mass is 9.75. The molecular formula is C14H28O5. The van der Waals surface area contributed by atoms with Gasteiger partial charge in [0.25, 0.3) is 0 Å². The summed E-state index contributed by atoms with van der Waals surface area (Å²) in [5.74, 6) is -1.03. The highest BCUT2D eigenvalue weighted by molar-refractivity contribution is 5.69. The van der Waals surface area contributed by atoms with E-state index in [4.69, 9.17) is 5.11 Å². The molecule has 0 heterocycles. The number of aliphatic carboxylic acids is 1. The van der Waals surface area contributed by atoms with E-state index in [0.717, 1.165) is 19.3 Å². The van der Waals surface area contributed by atoms with E-state index in [1.165, 1.54) is 0 Å². The summed E-state index contributed by atoms with van der Waals surface area (Å²) in [6.07, 6.45) is 3.71. The third-order valence-corrected chi connectivity index (χ3v) is 4.27. The molecule has 0 saturated heterocycles. The van der Waals surface area contributed by atoms with Gasteiger partial charge in [0, 0.05) is 5.41 Å². The number of unbranched alkanes of at least 4 members (excludes halogenated alkanes) is 1. The Morgan fingerprint density at radius 3 is 1.89 bits per heavy atom. The molecule has 0 aromatic rings. The normalized spacial score (nSPS) is 15.2. The van der Waals surface area contributed by atoms with Crippen molar-refractivity contribution in [3.63, 3.8) is 0 Å². The number of rotatable bonds is 11. The molecule has 5 nitrogen and oxygen atoms in total. The molecule has 2 atom stereocenters. The van der Waals surface area contributed by atoms with Gasteiger partial charge in [-0.3, -0.25) is 4.79 Å². The van der Waals surface area contributed by atoms with Gasteiger partial charge in [0.2, 0.25) is 0 Å². The Balaban J connectivity index is 4.09. The van der Waals surface area contributed by atoms with Crippen LogP contribution in [-0.2, 0) is 4.79 Å². The van der Waals surface area contributed by atoms with Crippen molar-refractivity contribution in [3.8, 4) is 0 Å². The minimum absolute atomic E-state index is 0.00240. The number of hydrogen-bond donors (Lipinski definition) is 4. The fourth-order valence-corrected chi connectivity index (χ4v) is 2.27. The SMILES string of the molecule is CCC(CCCCC(C)C(CO)(CO)CO)C(=O)O. The van der Waals surface area contributed by atoms with Crippen molar-refractivity contribution in [2.45, 2.75) is 46.0 Å². The van der Waals surface area contributed by atoms with Gasteiger partial charge in [0.05, 0.1) is 25.7 Å². The van der Waals surface area contributed by atoms with Crippen molar-refractivity contribution in [2.24, 2.45) is 17.3 Å². The number of aliphatic hydroxyl groups is 3. The molecule has 0 radical (unpaired) electrons. The van der Waals surface area contributed by atoms with Gasteiger partial charge in [-0.2, -0.15) is 0 Å². The van der Waals surface area contributed by atoms with E-state index in [1.807, 2.05) is 13.8 Å². The highest BCUT2D eigenvalue weighted by atomic mass is 16.4. The van der Waals surface area contributed by atoms with Crippen molar-refractivity contribution >= 4 is 5.97 Å². The van der Waals surface area contributed by atoms with Crippen LogP contribution in [0.5, 0.6) is 0 Å². The lowest BCUT2D eigenvalue weighted by Crippen LogP contribution is -2.40. The first-order valence-electron chi connectivity index (χ1n) is 7.02. The molecule has 0 fully saturated rings. The number of hydrogen-bond acceptors (Lipinski definition) is 4. The Hall–Kier alpha value is -0.650. The smallest absolute Gasteiger partial charge is 0.306 e. The topological polar surface area (TPSA) is 98.0 Å². The average molecular weight is 276 g/mol. The zero-order chi connectivity index (χ0) is 14.9. The Bertz CT molecular complexity index is 242. The Morgan fingerprint density at radius 1 is 1.05 bits per heavy atom. The van der Waals surface area contributed by atoms with E-state index in [9.17, 15) is 20.1 Å². The van der Waals surface area contributed by atoms with Crippen molar-refractivity contribution in [2.75, 3.05) is 19.8 Å². The zero-order valence-electron chi connectivity index (χ0n) is 12.0. The van der Waals surface area contributed by atoms with Gasteiger partial charge in [-0.15, -0.1) is 0 Å². The quantitative estimate of drug-likeness (QED) is 0.426. The van der Waals surface area contributed by atoms with Gasteiger partial charge in [-0.25, -0.2) is 0 Å². The molecule has 0 aromatic carbocycles. The molecule has 19 heavy (non-hydrogen) atoms. The molecule has 0 amide bonds. The summed E-state index contributed by atoms with van der Waals surface area (Å²) in [5, 5.41) is 36.8. The third-order valence-electron chi connectivity index (χ3n) is 4.27. The molecular weight excluding hydrogens is 248 g/mol. The van der Waals surface area contributed by atoms with Gasteiger partial charge in [0.1, 0.15) is 0 Å². The first kappa shape index (κ1) is 18.4. The van der Waals surface area contributed by atoms with E-state index < -0.39 is 11.4 Å². The molecule has 5 heteroatoms. The lowest BCUT2D eigenvalue weighted by molar-refractivity contribution is -0.142. The molecule has 0 aliphatic rings. The summed E-state index contributed by atoms with van der Waals surface area (Å²) in [4.78, 5) is 10.9. The van der Waals surface area contributed by atoms with Gasteiger partial charge in [-0.1, -0.05) is 26.7 Å². The number of carbonyl (C=O) groups is 1. The maximum absolute atomic E-state index is 10.9. The average Bonchev–Trinajstić information content (AvgIpc) is 2.41.